The van der Waals surface area contributed by atoms with Crippen molar-refractivity contribution in [2.45, 2.75) is 25.0 Å². The van der Waals surface area contributed by atoms with Crippen LogP contribution in [0.2, 0.25) is 0 Å². The van der Waals surface area contributed by atoms with E-state index in [-0.39, 0.29) is 24.7 Å². The molecule has 2 aromatic heterocycles. The average Bonchev–Trinajstić information content (AvgIpc) is 3.51. The van der Waals surface area contributed by atoms with Gasteiger partial charge in [-0.25, -0.2) is 4.98 Å². The first kappa shape index (κ1) is 19.4. The minimum absolute atomic E-state index is 0.0507. The summed E-state index contributed by atoms with van der Waals surface area (Å²) >= 11 is 0. The molecule has 1 N–H and O–H groups in total. The number of carbonyl (C=O) groups excluding carboxylic acids is 1. The third-order valence-electron chi connectivity index (χ3n) is 6.94. The molecule has 2 aliphatic heterocycles. The Bertz CT molecular complexity index is 1190. The van der Waals surface area contributed by atoms with Crippen molar-refractivity contribution in [1.82, 2.24) is 14.5 Å². The van der Waals surface area contributed by atoms with Gasteiger partial charge in [-0.15, -0.1) is 0 Å². The first-order valence-corrected chi connectivity index (χ1v) is 11.0. The van der Waals surface area contributed by atoms with Crippen molar-refractivity contribution >= 4 is 16.9 Å². The molecule has 0 unspecified atom stereocenters. The highest BCUT2D eigenvalue weighted by Gasteiger charge is 2.44. The van der Waals surface area contributed by atoms with Crippen molar-refractivity contribution in [3.05, 3.63) is 48.3 Å². The summed E-state index contributed by atoms with van der Waals surface area (Å²) in [4.78, 5) is 19.6. The van der Waals surface area contributed by atoms with Gasteiger partial charge < -0.3 is 28.8 Å². The van der Waals surface area contributed by atoms with E-state index < -0.39 is 6.10 Å². The summed E-state index contributed by atoms with van der Waals surface area (Å²) in [7, 11) is 1.93. The Kier molecular flexibility index (Phi) is 4.50. The molecule has 166 valence electrons. The molecule has 32 heavy (non-hydrogen) atoms. The Morgan fingerprint density at radius 2 is 1.91 bits per heavy atom. The van der Waals surface area contributed by atoms with Crippen molar-refractivity contribution in [3.8, 4) is 17.2 Å². The number of aliphatic hydroxyl groups excluding tert-OH is 1. The van der Waals surface area contributed by atoms with Crippen molar-refractivity contribution in [1.29, 1.82) is 0 Å². The van der Waals surface area contributed by atoms with E-state index in [9.17, 15) is 9.90 Å². The Labute approximate surface area is 185 Å². The highest BCUT2D eigenvalue weighted by Crippen LogP contribution is 2.40. The van der Waals surface area contributed by atoms with Gasteiger partial charge in [-0.1, -0.05) is 0 Å². The molecule has 1 saturated heterocycles. The van der Waals surface area contributed by atoms with Crippen LogP contribution >= 0.6 is 0 Å². The molecule has 0 radical (unpaired) electrons. The lowest BCUT2D eigenvalue weighted by Crippen LogP contribution is -2.42. The van der Waals surface area contributed by atoms with Crippen LogP contribution in [0.4, 0.5) is 0 Å². The number of aliphatic hydroxyl groups is 1. The van der Waals surface area contributed by atoms with Crippen molar-refractivity contribution in [3.63, 3.8) is 0 Å². The van der Waals surface area contributed by atoms with E-state index in [1.165, 1.54) is 0 Å². The highest BCUT2D eigenvalue weighted by molar-refractivity contribution is 5.94. The average molecular weight is 435 g/mol. The molecule has 4 atom stereocenters. The second kappa shape index (κ2) is 7.41. The fraction of sp³-hybridized carbons (Fsp3) is 0.417. The summed E-state index contributed by atoms with van der Waals surface area (Å²) in [5.74, 6) is 2.53. The predicted octanol–water partition coefficient (Wildman–Crippen LogP) is 2.59. The first-order chi connectivity index (χ1) is 15.5. The Morgan fingerprint density at radius 3 is 2.78 bits per heavy atom. The number of fused-ring (bicyclic) bond motifs is 3. The van der Waals surface area contributed by atoms with Crippen LogP contribution in [-0.2, 0) is 7.05 Å². The van der Waals surface area contributed by atoms with Crippen LogP contribution in [0.1, 0.15) is 23.3 Å². The van der Waals surface area contributed by atoms with Gasteiger partial charge in [0.15, 0.2) is 11.5 Å². The second-order valence-corrected chi connectivity index (χ2v) is 8.98. The maximum atomic E-state index is 13.2. The number of aromatic nitrogens is 2. The van der Waals surface area contributed by atoms with Crippen LogP contribution in [0.3, 0.4) is 0 Å². The predicted molar refractivity (Wildman–Crippen MR) is 116 cm³/mol. The van der Waals surface area contributed by atoms with Crippen LogP contribution in [0.15, 0.2) is 42.6 Å². The number of amides is 1. The Hall–Kier alpha value is -3.26. The molecule has 8 nitrogen and oxygen atoms in total. The van der Waals surface area contributed by atoms with Gasteiger partial charge in [0.2, 0.25) is 6.79 Å². The summed E-state index contributed by atoms with van der Waals surface area (Å²) < 4.78 is 18.8. The van der Waals surface area contributed by atoms with Gasteiger partial charge in [0.1, 0.15) is 23.2 Å². The summed E-state index contributed by atoms with van der Waals surface area (Å²) in [5, 5.41) is 11.8. The number of benzene rings is 1. The third kappa shape index (κ3) is 3.26. The van der Waals surface area contributed by atoms with Gasteiger partial charge >= 0.3 is 0 Å². The molecule has 6 rings (SSSR count). The summed E-state index contributed by atoms with van der Waals surface area (Å²) in [6, 6.07) is 11.2. The lowest BCUT2D eigenvalue weighted by Gasteiger charge is -2.35. The van der Waals surface area contributed by atoms with Crippen molar-refractivity contribution in [2.75, 3.05) is 19.9 Å². The minimum Gasteiger partial charge on any atom is -0.488 e. The fourth-order valence-electron chi connectivity index (χ4n) is 5.22. The smallest absolute Gasteiger partial charge is 0.272 e. The zero-order chi connectivity index (χ0) is 21.8. The monoisotopic (exact) mass is 435 g/mol. The molecule has 1 amide bonds. The first-order valence-electron chi connectivity index (χ1n) is 11.0. The van der Waals surface area contributed by atoms with Gasteiger partial charge in [-0.2, -0.15) is 0 Å². The third-order valence-corrected chi connectivity index (χ3v) is 6.94. The number of ether oxygens (including phenoxy) is 3. The topological polar surface area (TPSA) is 86.1 Å². The van der Waals surface area contributed by atoms with E-state index in [1.807, 2.05) is 47.0 Å². The van der Waals surface area contributed by atoms with Crippen LogP contribution < -0.4 is 14.2 Å². The van der Waals surface area contributed by atoms with E-state index >= 15 is 0 Å². The SMILES string of the molecule is Cn1ccc2ccc(C(=O)N3C[C@H]4C[C@@H](Oc5ccc6c(c5)OCO6)[C@H](O)C[C@H]4C3)nc21. The Balaban J connectivity index is 1.15. The number of nitrogens with zero attached hydrogens (tertiary/aromatic N) is 3. The molecule has 2 fully saturated rings. The van der Waals surface area contributed by atoms with E-state index in [2.05, 4.69) is 4.98 Å². The van der Waals surface area contributed by atoms with E-state index in [0.29, 0.717) is 54.8 Å². The van der Waals surface area contributed by atoms with E-state index in [0.717, 1.165) is 11.0 Å². The molecular formula is C24H25N3O5. The maximum Gasteiger partial charge on any atom is 0.272 e. The number of pyridine rings is 1. The van der Waals surface area contributed by atoms with Gasteiger partial charge in [-0.3, -0.25) is 4.79 Å². The highest BCUT2D eigenvalue weighted by atomic mass is 16.7. The lowest BCUT2D eigenvalue weighted by atomic mass is 9.78. The molecule has 1 aliphatic carbocycles. The number of aryl methyl sites for hydroxylation is 1. The van der Waals surface area contributed by atoms with Crippen LogP contribution in [-0.4, -0.2) is 57.6 Å². The van der Waals surface area contributed by atoms with Crippen molar-refractivity contribution < 1.29 is 24.1 Å². The van der Waals surface area contributed by atoms with E-state index in [4.69, 9.17) is 14.2 Å². The van der Waals surface area contributed by atoms with Gasteiger partial charge in [0, 0.05) is 37.8 Å². The molecule has 4 heterocycles. The molecular weight excluding hydrogens is 410 g/mol. The number of rotatable bonds is 3. The van der Waals surface area contributed by atoms with Gasteiger partial charge in [-0.05, 0) is 55.0 Å². The van der Waals surface area contributed by atoms with Crippen molar-refractivity contribution in [2.24, 2.45) is 18.9 Å². The van der Waals surface area contributed by atoms with Crippen LogP contribution in [0.5, 0.6) is 17.2 Å². The fourth-order valence-corrected chi connectivity index (χ4v) is 5.22. The van der Waals surface area contributed by atoms with Crippen LogP contribution in [0.25, 0.3) is 11.0 Å². The number of hydrogen-bond donors (Lipinski definition) is 1. The Morgan fingerprint density at radius 1 is 1.09 bits per heavy atom. The number of carbonyl (C=O) groups is 1. The largest absolute Gasteiger partial charge is 0.488 e. The van der Waals surface area contributed by atoms with Gasteiger partial charge in [0.05, 0.1) is 6.10 Å². The minimum atomic E-state index is -0.574. The molecule has 3 aliphatic rings. The molecule has 8 heteroatoms. The zero-order valence-corrected chi connectivity index (χ0v) is 17.8. The lowest BCUT2D eigenvalue weighted by molar-refractivity contribution is -0.0232. The van der Waals surface area contributed by atoms with E-state index in [1.54, 1.807) is 12.1 Å². The molecule has 1 saturated carbocycles. The quantitative estimate of drug-likeness (QED) is 0.681. The standard InChI is InChI=1S/C24H25N3O5/c1-26-7-6-14-2-4-18(25-23(14)26)24(29)27-11-15-8-19(28)21(9-16(15)12-27)32-17-3-5-20-22(10-17)31-13-30-20/h2-7,10,15-16,19,21,28H,8-9,11-13H2,1H3/t15-,16+,19+,21+/m0/s1. The number of hydrogen-bond acceptors (Lipinski definition) is 6. The molecule has 0 bridgehead atoms. The zero-order valence-electron chi connectivity index (χ0n) is 17.8. The van der Waals surface area contributed by atoms with Crippen LogP contribution in [0, 0.1) is 11.8 Å². The van der Waals surface area contributed by atoms with Gasteiger partial charge in [0.25, 0.3) is 5.91 Å². The second-order valence-electron chi connectivity index (χ2n) is 8.98. The molecule has 0 spiro atoms. The summed E-state index contributed by atoms with van der Waals surface area (Å²) in [6.45, 7) is 1.51. The molecule has 3 aromatic rings. The maximum absolute atomic E-state index is 13.2. The summed E-state index contributed by atoms with van der Waals surface area (Å²) in [6.07, 6.45) is 2.37. The summed E-state index contributed by atoms with van der Waals surface area (Å²) in [5.41, 5.74) is 1.27. The normalized spacial score (nSPS) is 26.4. The number of likely N-dealkylation sites (tertiary alicyclic amines) is 1. The molecule has 1 aromatic carbocycles.